The molecular formula is C23H28FN3O2. The molecule has 2 aromatic carbocycles. The van der Waals surface area contributed by atoms with E-state index in [2.05, 4.69) is 10.3 Å². The smallest absolute Gasteiger partial charge is 0.189 e. The van der Waals surface area contributed by atoms with Gasteiger partial charge in [-0.05, 0) is 43.0 Å². The van der Waals surface area contributed by atoms with Crippen LogP contribution in [-0.4, -0.2) is 30.3 Å². The van der Waals surface area contributed by atoms with Crippen molar-refractivity contribution in [3.8, 4) is 5.75 Å². The minimum atomic E-state index is -0.437. The van der Waals surface area contributed by atoms with Crippen molar-refractivity contribution in [1.29, 1.82) is 0 Å². The van der Waals surface area contributed by atoms with Crippen molar-refractivity contribution in [2.75, 3.05) is 13.2 Å². The maximum absolute atomic E-state index is 13.2. The maximum atomic E-state index is 13.2. The lowest BCUT2D eigenvalue weighted by molar-refractivity contribution is 0.0591. The van der Waals surface area contributed by atoms with Gasteiger partial charge in [0.15, 0.2) is 5.96 Å². The predicted octanol–water partition coefficient (Wildman–Crippen LogP) is 3.33. The third-order valence-electron chi connectivity index (χ3n) is 6.17. The molecule has 1 fully saturated rings. The van der Waals surface area contributed by atoms with E-state index in [0.29, 0.717) is 25.5 Å². The zero-order valence-corrected chi connectivity index (χ0v) is 16.5. The number of hydrogen-bond acceptors (Lipinski definition) is 3. The van der Waals surface area contributed by atoms with E-state index in [1.54, 1.807) is 12.1 Å². The van der Waals surface area contributed by atoms with Crippen molar-refractivity contribution in [3.05, 3.63) is 65.5 Å². The van der Waals surface area contributed by atoms with Crippen LogP contribution in [0.2, 0.25) is 0 Å². The number of fused-ring (bicyclic) bond motifs is 1. The van der Waals surface area contributed by atoms with Crippen molar-refractivity contribution in [2.24, 2.45) is 16.1 Å². The molecule has 0 amide bonds. The van der Waals surface area contributed by atoms with Gasteiger partial charge in [0, 0.05) is 17.4 Å². The number of aliphatic hydroxyl groups is 1. The number of ether oxygens (including phenoxy) is 1. The van der Waals surface area contributed by atoms with Crippen LogP contribution in [0, 0.1) is 11.2 Å². The molecular weight excluding hydrogens is 369 g/mol. The van der Waals surface area contributed by atoms with Crippen LogP contribution in [0.4, 0.5) is 4.39 Å². The molecule has 4 N–H and O–H groups in total. The second-order valence-corrected chi connectivity index (χ2v) is 8.15. The average Bonchev–Trinajstić information content (AvgIpc) is 3.09. The largest absolute Gasteiger partial charge is 0.493 e. The first-order valence-corrected chi connectivity index (χ1v) is 10.3. The lowest BCUT2D eigenvalue weighted by Gasteiger charge is -2.32. The van der Waals surface area contributed by atoms with Gasteiger partial charge in [0.2, 0.25) is 0 Å². The second kappa shape index (κ2) is 8.41. The molecule has 2 aromatic rings. The number of hydrogen-bond donors (Lipinski definition) is 3. The Morgan fingerprint density at radius 2 is 2.00 bits per heavy atom. The average molecular weight is 397 g/mol. The number of nitrogens with one attached hydrogen (secondary N) is 1. The zero-order chi connectivity index (χ0) is 20.3. The summed E-state index contributed by atoms with van der Waals surface area (Å²) >= 11 is 0. The van der Waals surface area contributed by atoms with Crippen molar-refractivity contribution < 1.29 is 14.2 Å². The molecule has 3 unspecified atom stereocenters. The van der Waals surface area contributed by atoms with Crippen LogP contribution in [-0.2, 0) is 6.42 Å². The number of aliphatic hydroxyl groups excluding tert-OH is 1. The Hall–Kier alpha value is -2.60. The molecule has 1 aliphatic carbocycles. The Bertz CT molecular complexity index is 871. The topological polar surface area (TPSA) is 79.9 Å². The number of benzene rings is 2. The Morgan fingerprint density at radius 3 is 2.76 bits per heavy atom. The fourth-order valence-electron chi connectivity index (χ4n) is 4.53. The molecule has 0 saturated heterocycles. The van der Waals surface area contributed by atoms with Crippen LogP contribution in [0.5, 0.6) is 5.75 Å². The Labute approximate surface area is 170 Å². The first-order valence-electron chi connectivity index (χ1n) is 10.3. The first-order chi connectivity index (χ1) is 14.1. The standard InChI is InChI=1S/C23H28FN3O2/c24-17-9-7-16(8-10-17)14-23(12-3-6-21(23)28)15-26-22(25)27-19-11-13-29-20-5-2-1-4-18(19)20/h1-2,4-5,7-10,19,21,28H,3,6,11-15H2,(H3,25,26,27). The summed E-state index contributed by atoms with van der Waals surface area (Å²) in [5, 5.41) is 14.0. The number of halogens is 1. The molecule has 154 valence electrons. The van der Waals surface area contributed by atoms with Crippen molar-refractivity contribution in [1.82, 2.24) is 5.32 Å². The molecule has 2 aliphatic rings. The summed E-state index contributed by atoms with van der Waals surface area (Å²) in [6.45, 7) is 1.07. The van der Waals surface area contributed by atoms with Gasteiger partial charge in [0.05, 0.1) is 25.3 Å². The third-order valence-corrected chi connectivity index (χ3v) is 6.17. The van der Waals surface area contributed by atoms with Gasteiger partial charge in [-0.2, -0.15) is 0 Å². The van der Waals surface area contributed by atoms with Gasteiger partial charge in [-0.3, -0.25) is 4.99 Å². The van der Waals surface area contributed by atoms with Crippen molar-refractivity contribution in [2.45, 2.75) is 44.2 Å². The fraction of sp³-hybridized carbons (Fsp3) is 0.435. The monoisotopic (exact) mass is 397 g/mol. The third kappa shape index (κ3) is 4.37. The van der Waals surface area contributed by atoms with E-state index < -0.39 is 6.10 Å². The van der Waals surface area contributed by atoms with Crippen LogP contribution in [0.25, 0.3) is 0 Å². The summed E-state index contributed by atoms with van der Waals surface area (Å²) in [4.78, 5) is 4.62. The van der Waals surface area contributed by atoms with E-state index in [1.807, 2.05) is 24.3 Å². The van der Waals surface area contributed by atoms with Gasteiger partial charge in [-0.25, -0.2) is 4.39 Å². The zero-order valence-electron chi connectivity index (χ0n) is 16.5. The van der Waals surface area contributed by atoms with E-state index in [1.165, 1.54) is 12.1 Å². The molecule has 5 nitrogen and oxygen atoms in total. The van der Waals surface area contributed by atoms with Crippen LogP contribution in [0.1, 0.15) is 42.9 Å². The molecule has 3 atom stereocenters. The van der Waals surface area contributed by atoms with Gasteiger partial charge in [-0.1, -0.05) is 36.8 Å². The van der Waals surface area contributed by atoms with Crippen LogP contribution >= 0.6 is 0 Å². The Kier molecular flexibility index (Phi) is 5.72. The van der Waals surface area contributed by atoms with Crippen LogP contribution < -0.4 is 15.8 Å². The summed E-state index contributed by atoms with van der Waals surface area (Å²) in [7, 11) is 0. The summed E-state index contributed by atoms with van der Waals surface area (Å²) in [5.74, 6) is 1.00. The van der Waals surface area contributed by atoms with Crippen LogP contribution in [0.3, 0.4) is 0 Å². The second-order valence-electron chi connectivity index (χ2n) is 8.15. The molecule has 1 heterocycles. The number of guanidine groups is 1. The summed E-state index contributed by atoms with van der Waals surface area (Å²) in [6.07, 6.45) is 3.63. The molecule has 0 spiro atoms. The minimum Gasteiger partial charge on any atom is -0.493 e. The molecule has 1 aliphatic heterocycles. The number of aliphatic imine (C=N–C) groups is 1. The lowest BCUT2D eigenvalue weighted by atomic mass is 9.78. The van der Waals surface area contributed by atoms with Crippen molar-refractivity contribution >= 4 is 5.96 Å². The molecule has 0 aromatic heterocycles. The highest BCUT2D eigenvalue weighted by atomic mass is 19.1. The maximum Gasteiger partial charge on any atom is 0.189 e. The Morgan fingerprint density at radius 1 is 1.21 bits per heavy atom. The Balaban J connectivity index is 1.47. The first kappa shape index (κ1) is 19.7. The number of para-hydroxylation sites is 1. The van der Waals surface area contributed by atoms with E-state index >= 15 is 0 Å². The molecule has 0 bridgehead atoms. The fourth-order valence-corrected chi connectivity index (χ4v) is 4.53. The van der Waals surface area contributed by atoms with Gasteiger partial charge in [0.1, 0.15) is 11.6 Å². The van der Waals surface area contributed by atoms with Crippen LogP contribution in [0.15, 0.2) is 53.5 Å². The predicted molar refractivity (Wildman–Crippen MR) is 111 cm³/mol. The molecule has 29 heavy (non-hydrogen) atoms. The summed E-state index contributed by atoms with van der Waals surface area (Å²) in [5.41, 5.74) is 7.95. The summed E-state index contributed by atoms with van der Waals surface area (Å²) < 4.78 is 19.0. The minimum absolute atomic E-state index is 0.0604. The highest BCUT2D eigenvalue weighted by molar-refractivity contribution is 5.78. The SMILES string of the molecule is NC(=NCC1(Cc2ccc(F)cc2)CCCC1O)NC1CCOc2ccccc21. The van der Waals surface area contributed by atoms with Gasteiger partial charge in [-0.15, -0.1) is 0 Å². The number of nitrogens with two attached hydrogens (primary N) is 1. The van der Waals surface area contributed by atoms with Crippen molar-refractivity contribution in [3.63, 3.8) is 0 Å². The van der Waals surface area contributed by atoms with Gasteiger partial charge < -0.3 is 20.9 Å². The molecule has 0 radical (unpaired) electrons. The highest BCUT2D eigenvalue weighted by Gasteiger charge is 2.42. The van der Waals surface area contributed by atoms with E-state index in [9.17, 15) is 9.50 Å². The number of nitrogens with zero attached hydrogens (tertiary/aromatic N) is 1. The van der Waals surface area contributed by atoms with Gasteiger partial charge >= 0.3 is 0 Å². The molecule has 6 heteroatoms. The quantitative estimate of drug-likeness (QED) is 0.534. The van der Waals surface area contributed by atoms with E-state index in [4.69, 9.17) is 10.5 Å². The number of rotatable bonds is 5. The molecule has 4 rings (SSSR count). The normalized spacial score (nSPS) is 26.6. The van der Waals surface area contributed by atoms with E-state index in [0.717, 1.165) is 42.6 Å². The van der Waals surface area contributed by atoms with Gasteiger partial charge in [0.25, 0.3) is 0 Å². The van der Waals surface area contributed by atoms with E-state index in [-0.39, 0.29) is 17.3 Å². The highest BCUT2D eigenvalue weighted by Crippen LogP contribution is 2.41. The lowest BCUT2D eigenvalue weighted by Crippen LogP contribution is -2.40. The summed E-state index contributed by atoms with van der Waals surface area (Å²) in [6, 6.07) is 14.5. The molecule has 1 saturated carbocycles.